The molecule has 3 fully saturated rings. The number of cyclic esters (lactones) is 1. The third kappa shape index (κ3) is 1.88. The Hall–Kier alpha value is -1.32. The van der Waals surface area contributed by atoms with Crippen molar-refractivity contribution in [2.75, 3.05) is 11.5 Å². The number of amides is 1. The molecule has 3 saturated heterocycles. The zero-order chi connectivity index (χ0) is 14.4. The smallest absolute Gasteiger partial charge is 0.337 e. The Morgan fingerprint density at radius 1 is 1.40 bits per heavy atom. The highest BCUT2D eigenvalue weighted by molar-refractivity contribution is 14.1. The number of hydrogen-bond acceptors (Lipinski definition) is 6. The Kier molecular flexibility index (Phi) is 3.35. The SMILES string of the molecule is COC(=O)C1C(=C2CC(CI)OC2=O)O[C@@H]2CC(=O)N12. The summed E-state index contributed by atoms with van der Waals surface area (Å²) in [6.45, 7) is 0. The van der Waals surface area contributed by atoms with Gasteiger partial charge in [-0.05, 0) is 0 Å². The van der Waals surface area contributed by atoms with Crippen molar-refractivity contribution in [3.05, 3.63) is 11.3 Å². The highest BCUT2D eigenvalue weighted by Gasteiger charge is 2.56. The molecule has 0 radical (unpaired) electrons. The molecule has 20 heavy (non-hydrogen) atoms. The van der Waals surface area contributed by atoms with Crippen molar-refractivity contribution in [2.24, 2.45) is 0 Å². The zero-order valence-electron chi connectivity index (χ0n) is 10.6. The lowest BCUT2D eigenvalue weighted by molar-refractivity contribution is -0.164. The summed E-state index contributed by atoms with van der Waals surface area (Å²) < 4.78 is 16.1. The van der Waals surface area contributed by atoms with E-state index >= 15 is 0 Å². The first kappa shape index (κ1) is 13.7. The van der Waals surface area contributed by atoms with E-state index in [1.165, 1.54) is 12.0 Å². The van der Waals surface area contributed by atoms with Gasteiger partial charge in [0.25, 0.3) is 0 Å². The van der Waals surface area contributed by atoms with Gasteiger partial charge in [0.2, 0.25) is 5.91 Å². The van der Waals surface area contributed by atoms with Crippen molar-refractivity contribution in [1.82, 2.24) is 4.90 Å². The van der Waals surface area contributed by atoms with Gasteiger partial charge in [-0.2, -0.15) is 0 Å². The van der Waals surface area contributed by atoms with Gasteiger partial charge in [-0.25, -0.2) is 9.59 Å². The van der Waals surface area contributed by atoms with E-state index in [9.17, 15) is 14.4 Å². The van der Waals surface area contributed by atoms with Gasteiger partial charge in [-0.15, -0.1) is 0 Å². The Bertz CT molecular complexity index is 530. The van der Waals surface area contributed by atoms with Crippen LogP contribution in [0.3, 0.4) is 0 Å². The van der Waals surface area contributed by atoms with Crippen molar-refractivity contribution in [3.63, 3.8) is 0 Å². The number of ether oxygens (including phenoxy) is 3. The minimum Gasteiger partial charge on any atom is -0.471 e. The first-order valence-electron chi connectivity index (χ1n) is 6.12. The molecule has 0 aromatic rings. The molecular formula is C12H12INO6. The van der Waals surface area contributed by atoms with Gasteiger partial charge < -0.3 is 14.2 Å². The molecule has 3 rings (SSSR count). The second kappa shape index (κ2) is 4.90. The van der Waals surface area contributed by atoms with E-state index in [-0.39, 0.29) is 24.2 Å². The van der Waals surface area contributed by atoms with Gasteiger partial charge in [0.05, 0.1) is 19.1 Å². The summed E-state index contributed by atoms with van der Waals surface area (Å²) in [6.07, 6.45) is -0.0778. The molecular weight excluding hydrogens is 381 g/mol. The van der Waals surface area contributed by atoms with Crippen LogP contribution in [0.25, 0.3) is 0 Å². The quantitative estimate of drug-likeness (QED) is 0.218. The first-order chi connectivity index (χ1) is 9.56. The van der Waals surface area contributed by atoms with Crippen LogP contribution in [0.5, 0.6) is 0 Å². The number of esters is 2. The second-order valence-electron chi connectivity index (χ2n) is 4.73. The summed E-state index contributed by atoms with van der Waals surface area (Å²) in [4.78, 5) is 36.7. The normalized spacial score (nSPS) is 35.3. The van der Waals surface area contributed by atoms with Crippen LogP contribution >= 0.6 is 22.6 Å². The molecule has 8 heteroatoms. The van der Waals surface area contributed by atoms with E-state index in [2.05, 4.69) is 22.6 Å². The fourth-order valence-electron chi connectivity index (χ4n) is 2.58. The maximum atomic E-state index is 11.9. The standard InChI is InChI=1S/C12H12INO6/c1-18-12(17)9-10(20-8-3-7(15)14(8)9)6-2-5(4-13)19-11(6)16/h5,8-9H,2-4H2,1H3/t5?,8-,9?/m1/s1. The third-order valence-corrected chi connectivity index (χ3v) is 4.57. The predicted molar refractivity (Wildman–Crippen MR) is 72.6 cm³/mol. The molecule has 3 aliphatic rings. The highest BCUT2D eigenvalue weighted by atomic mass is 127. The zero-order valence-corrected chi connectivity index (χ0v) is 12.8. The minimum atomic E-state index is -0.957. The second-order valence-corrected chi connectivity index (χ2v) is 5.61. The third-order valence-electron chi connectivity index (χ3n) is 3.58. The lowest BCUT2D eigenvalue weighted by Crippen LogP contribution is -2.55. The largest absolute Gasteiger partial charge is 0.471 e. The lowest BCUT2D eigenvalue weighted by Gasteiger charge is -2.33. The van der Waals surface area contributed by atoms with E-state index in [0.29, 0.717) is 16.4 Å². The number of carbonyl (C=O) groups excluding carboxylic acids is 3. The molecule has 7 nitrogen and oxygen atoms in total. The van der Waals surface area contributed by atoms with Crippen LogP contribution in [-0.2, 0) is 28.6 Å². The lowest BCUT2D eigenvalue weighted by atomic mass is 10.0. The van der Waals surface area contributed by atoms with Gasteiger partial charge in [0.1, 0.15) is 11.9 Å². The average Bonchev–Trinajstić information content (AvgIpc) is 2.94. The van der Waals surface area contributed by atoms with Crippen molar-refractivity contribution < 1.29 is 28.6 Å². The van der Waals surface area contributed by atoms with Crippen LogP contribution in [0.4, 0.5) is 0 Å². The Labute approximate surface area is 128 Å². The van der Waals surface area contributed by atoms with Crippen LogP contribution in [0.1, 0.15) is 12.8 Å². The fraction of sp³-hybridized carbons (Fsp3) is 0.583. The Morgan fingerprint density at radius 2 is 2.15 bits per heavy atom. The number of fused-ring (bicyclic) bond motifs is 1. The molecule has 0 aliphatic carbocycles. The van der Waals surface area contributed by atoms with Crippen LogP contribution < -0.4 is 0 Å². The van der Waals surface area contributed by atoms with E-state index in [1.54, 1.807) is 0 Å². The van der Waals surface area contributed by atoms with E-state index in [4.69, 9.17) is 14.2 Å². The van der Waals surface area contributed by atoms with Gasteiger partial charge >= 0.3 is 11.9 Å². The topological polar surface area (TPSA) is 82.1 Å². The van der Waals surface area contributed by atoms with Crippen molar-refractivity contribution in [2.45, 2.75) is 31.2 Å². The molecule has 0 aromatic heterocycles. The minimum absolute atomic E-state index is 0.183. The number of carbonyl (C=O) groups is 3. The highest BCUT2D eigenvalue weighted by Crippen LogP contribution is 2.40. The maximum Gasteiger partial charge on any atom is 0.337 e. The average molecular weight is 393 g/mol. The summed E-state index contributed by atoms with van der Waals surface area (Å²) in [7, 11) is 1.24. The van der Waals surface area contributed by atoms with Crippen LogP contribution in [0.15, 0.2) is 11.3 Å². The van der Waals surface area contributed by atoms with Gasteiger partial charge in [-0.3, -0.25) is 9.69 Å². The number of alkyl halides is 1. The van der Waals surface area contributed by atoms with Crippen LogP contribution in [-0.4, -0.2) is 52.7 Å². The molecule has 108 valence electrons. The summed E-state index contributed by atoms with van der Waals surface area (Å²) >= 11 is 2.13. The van der Waals surface area contributed by atoms with Gasteiger partial charge in [-0.1, -0.05) is 22.6 Å². The molecule has 0 bridgehead atoms. The van der Waals surface area contributed by atoms with E-state index in [1.807, 2.05) is 0 Å². The predicted octanol–water partition coefficient (Wildman–Crippen LogP) is 0.121. The first-order valence-corrected chi connectivity index (χ1v) is 7.65. The number of halogens is 1. The number of rotatable bonds is 2. The summed E-state index contributed by atoms with van der Waals surface area (Å²) in [6, 6.07) is -0.957. The molecule has 0 N–H and O–H groups in total. The van der Waals surface area contributed by atoms with Crippen molar-refractivity contribution >= 4 is 40.4 Å². The molecule has 1 amide bonds. The fourth-order valence-corrected chi connectivity index (χ4v) is 3.07. The van der Waals surface area contributed by atoms with Crippen molar-refractivity contribution in [3.8, 4) is 0 Å². The van der Waals surface area contributed by atoms with Crippen molar-refractivity contribution in [1.29, 1.82) is 0 Å². The molecule has 3 heterocycles. The monoisotopic (exact) mass is 393 g/mol. The maximum absolute atomic E-state index is 11.9. The Morgan fingerprint density at radius 3 is 2.70 bits per heavy atom. The molecule has 0 saturated carbocycles. The van der Waals surface area contributed by atoms with Crippen LogP contribution in [0, 0.1) is 0 Å². The van der Waals surface area contributed by atoms with Gasteiger partial charge in [0.15, 0.2) is 12.3 Å². The summed E-state index contributed by atoms with van der Waals surface area (Å²) in [5.74, 6) is -1.05. The van der Waals surface area contributed by atoms with E-state index in [0.717, 1.165) is 0 Å². The molecule has 2 unspecified atom stereocenters. The Balaban J connectivity index is 1.97. The number of β-lactam (4-membered cyclic amide) rings is 1. The summed E-state index contributed by atoms with van der Waals surface area (Å²) in [5.41, 5.74) is 0.337. The number of hydrogen-bond donors (Lipinski definition) is 0. The molecule has 0 spiro atoms. The summed E-state index contributed by atoms with van der Waals surface area (Å²) in [5, 5.41) is 0. The van der Waals surface area contributed by atoms with Crippen LogP contribution in [0.2, 0.25) is 0 Å². The van der Waals surface area contributed by atoms with E-state index < -0.39 is 24.2 Å². The molecule has 3 atom stereocenters. The number of nitrogens with zero attached hydrogens (tertiary/aromatic N) is 1. The molecule has 3 aliphatic heterocycles. The molecule has 0 aromatic carbocycles. The number of methoxy groups -OCH3 is 1. The van der Waals surface area contributed by atoms with Gasteiger partial charge in [0, 0.05) is 10.8 Å².